The van der Waals surface area contributed by atoms with Crippen molar-refractivity contribution in [1.82, 2.24) is 35.3 Å². The molecule has 4 aromatic rings. The predicted molar refractivity (Wildman–Crippen MR) is 91.1 cm³/mol. The monoisotopic (exact) mass is 333 g/mol. The third kappa shape index (κ3) is 2.97. The molecule has 0 aliphatic carbocycles. The molecule has 2 N–H and O–H groups in total. The molecule has 25 heavy (non-hydrogen) atoms. The fourth-order valence-electron chi connectivity index (χ4n) is 2.56. The minimum Gasteiger partial charge on any atom is -0.344 e. The van der Waals surface area contributed by atoms with Crippen molar-refractivity contribution in [3.63, 3.8) is 0 Å². The van der Waals surface area contributed by atoms with E-state index in [-0.39, 0.29) is 11.9 Å². The van der Waals surface area contributed by atoms with Gasteiger partial charge in [0.05, 0.1) is 17.9 Å². The normalized spacial score (nSPS) is 12.2. The summed E-state index contributed by atoms with van der Waals surface area (Å²) in [5, 5.41) is 14.6. The number of pyridine rings is 1. The van der Waals surface area contributed by atoms with Gasteiger partial charge in [-0.05, 0) is 36.8 Å². The van der Waals surface area contributed by atoms with Crippen molar-refractivity contribution in [3.05, 3.63) is 66.5 Å². The van der Waals surface area contributed by atoms with Crippen LogP contribution >= 0.6 is 0 Å². The molecule has 0 saturated carbocycles. The lowest BCUT2D eigenvalue weighted by Crippen LogP contribution is -2.27. The number of H-pyrrole nitrogens is 1. The zero-order valence-electron chi connectivity index (χ0n) is 13.4. The largest absolute Gasteiger partial charge is 0.344 e. The topological polar surface area (TPSA) is 101 Å². The molecule has 0 bridgehead atoms. The van der Waals surface area contributed by atoms with Gasteiger partial charge >= 0.3 is 0 Å². The minimum atomic E-state index is -0.232. The molecule has 0 saturated heterocycles. The van der Waals surface area contributed by atoms with Gasteiger partial charge in [0.15, 0.2) is 5.65 Å². The number of hydrogen-bond donors (Lipinski definition) is 2. The molecule has 3 heterocycles. The summed E-state index contributed by atoms with van der Waals surface area (Å²) in [6.45, 7) is 1.93. The maximum absolute atomic E-state index is 12.4. The molecule has 0 radical (unpaired) electrons. The molecule has 3 aromatic heterocycles. The molecule has 0 aliphatic heterocycles. The number of aromatic amines is 1. The Kier molecular flexibility index (Phi) is 3.70. The molecule has 8 heteroatoms. The van der Waals surface area contributed by atoms with E-state index in [1.54, 1.807) is 23.3 Å². The van der Waals surface area contributed by atoms with Crippen molar-refractivity contribution < 1.29 is 4.79 Å². The summed E-state index contributed by atoms with van der Waals surface area (Å²) in [6, 6.07) is 11.1. The van der Waals surface area contributed by atoms with Crippen LogP contribution < -0.4 is 5.32 Å². The number of fused-ring (bicyclic) bond motifs is 1. The molecular formula is C17H15N7O. The van der Waals surface area contributed by atoms with Gasteiger partial charge in [-0.1, -0.05) is 12.1 Å². The lowest BCUT2D eigenvalue weighted by atomic mass is 10.1. The van der Waals surface area contributed by atoms with E-state index in [0.717, 1.165) is 16.6 Å². The second-order valence-corrected chi connectivity index (χ2v) is 5.63. The average molecular weight is 333 g/mol. The Balaban J connectivity index is 1.49. The number of nitrogens with one attached hydrogen (secondary N) is 2. The van der Waals surface area contributed by atoms with Crippen LogP contribution in [0.1, 0.15) is 29.0 Å². The van der Waals surface area contributed by atoms with E-state index < -0.39 is 0 Å². The highest BCUT2D eigenvalue weighted by Gasteiger charge is 2.13. The second kappa shape index (κ2) is 6.16. The van der Waals surface area contributed by atoms with Crippen LogP contribution in [0.15, 0.2) is 55.2 Å². The number of aromatic nitrogens is 6. The number of carbonyl (C=O) groups is 1. The molecular weight excluding hydrogens is 318 g/mol. The second-order valence-electron chi connectivity index (χ2n) is 5.63. The van der Waals surface area contributed by atoms with E-state index in [2.05, 4.69) is 30.6 Å². The van der Waals surface area contributed by atoms with Gasteiger partial charge in [-0.3, -0.25) is 9.89 Å². The first-order valence-electron chi connectivity index (χ1n) is 7.76. The van der Waals surface area contributed by atoms with Crippen LogP contribution in [-0.4, -0.2) is 35.9 Å². The van der Waals surface area contributed by atoms with Gasteiger partial charge in [0, 0.05) is 5.39 Å². The van der Waals surface area contributed by atoms with E-state index >= 15 is 0 Å². The zero-order valence-corrected chi connectivity index (χ0v) is 13.4. The van der Waals surface area contributed by atoms with Crippen LogP contribution in [0.4, 0.5) is 0 Å². The Morgan fingerprint density at radius 2 is 2.04 bits per heavy atom. The molecule has 1 atom stereocenters. The first kappa shape index (κ1) is 15.0. The Labute approximate surface area is 142 Å². The summed E-state index contributed by atoms with van der Waals surface area (Å²) in [5.41, 5.74) is 2.84. The van der Waals surface area contributed by atoms with Crippen molar-refractivity contribution in [2.75, 3.05) is 0 Å². The van der Waals surface area contributed by atoms with Crippen LogP contribution in [-0.2, 0) is 0 Å². The zero-order chi connectivity index (χ0) is 17.2. The van der Waals surface area contributed by atoms with Crippen molar-refractivity contribution in [3.8, 4) is 5.69 Å². The van der Waals surface area contributed by atoms with Crippen molar-refractivity contribution >= 4 is 16.9 Å². The summed E-state index contributed by atoms with van der Waals surface area (Å²) in [4.78, 5) is 20.6. The molecule has 0 spiro atoms. The molecule has 124 valence electrons. The van der Waals surface area contributed by atoms with Crippen LogP contribution in [0, 0.1) is 0 Å². The smallest absolute Gasteiger partial charge is 0.270 e. The summed E-state index contributed by atoms with van der Waals surface area (Å²) in [5.74, 6) is -0.232. The Bertz CT molecular complexity index is 1010. The molecule has 1 aromatic carbocycles. The number of benzene rings is 1. The van der Waals surface area contributed by atoms with Gasteiger partial charge in [-0.15, -0.1) is 0 Å². The van der Waals surface area contributed by atoms with E-state index in [4.69, 9.17) is 0 Å². The van der Waals surface area contributed by atoms with E-state index in [0.29, 0.717) is 11.3 Å². The van der Waals surface area contributed by atoms with Crippen molar-refractivity contribution in [1.29, 1.82) is 0 Å². The summed E-state index contributed by atoms with van der Waals surface area (Å²) < 4.78 is 1.68. The molecule has 8 nitrogen and oxygen atoms in total. The van der Waals surface area contributed by atoms with Crippen LogP contribution in [0.25, 0.3) is 16.7 Å². The highest BCUT2D eigenvalue weighted by Crippen LogP contribution is 2.16. The maximum Gasteiger partial charge on any atom is 0.270 e. The number of carbonyl (C=O) groups excluding carboxylic acids is 1. The van der Waals surface area contributed by atoms with Crippen LogP contribution in [0.2, 0.25) is 0 Å². The Morgan fingerprint density at radius 1 is 1.20 bits per heavy atom. The highest BCUT2D eigenvalue weighted by atomic mass is 16.1. The average Bonchev–Trinajstić information content (AvgIpc) is 3.32. The molecule has 1 unspecified atom stereocenters. The van der Waals surface area contributed by atoms with E-state index in [9.17, 15) is 4.79 Å². The number of amides is 1. The lowest BCUT2D eigenvalue weighted by molar-refractivity contribution is 0.0935. The van der Waals surface area contributed by atoms with Gasteiger partial charge in [0.2, 0.25) is 0 Å². The molecule has 1 amide bonds. The fourth-order valence-corrected chi connectivity index (χ4v) is 2.56. The van der Waals surface area contributed by atoms with Gasteiger partial charge in [0.25, 0.3) is 5.91 Å². The SMILES string of the molecule is CC(NC(=O)c1ccc2cn[nH]c2n1)c1ccc(-n2cncn2)cc1. The van der Waals surface area contributed by atoms with Gasteiger partial charge in [-0.25, -0.2) is 14.6 Å². The number of rotatable bonds is 4. The summed E-state index contributed by atoms with van der Waals surface area (Å²) >= 11 is 0. The molecule has 4 rings (SSSR count). The van der Waals surface area contributed by atoms with Gasteiger partial charge < -0.3 is 5.32 Å². The summed E-state index contributed by atoms with van der Waals surface area (Å²) in [6.07, 6.45) is 4.79. The standard InChI is InChI=1S/C17H15N7O/c1-11(12-2-5-14(6-3-12)24-10-18-9-20-24)21-17(25)15-7-4-13-8-19-23-16(13)22-15/h2-11H,1H3,(H,21,25)(H,19,22,23). The predicted octanol–water partition coefficient (Wildman–Crippen LogP) is 2.03. The maximum atomic E-state index is 12.4. The third-order valence-corrected chi connectivity index (χ3v) is 3.96. The first-order valence-corrected chi connectivity index (χ1v) is 7.76. The Hall–Kier alpha value is -3.55. The number of nitrogens with zero attached hydrogens (tertiary/aromatic N) is 5. The first-order chi connectivity index (χ1) is 12.2. The summed E-state index contributed by atoms with van der Waals surface area (Å²) in [7, 11) is 0. The highest BCUT2D eigenvalue weighted by molar-refractivity contribution is 5.94. The lowest BCUT2D eigenvalue weighted by Gasteiger charge is -2.14. The number of hydrogen-bond acceptors (Lipinski definition) is 5. The molecule has 0 aliphatic rings. The van der Waals surface area contributed by atoms with Crippen LogP contribution in [0.5, 0.6) is 0 Å². The van der Waals surface area contributed by atoms with E-state index in [1.807, 2.05) is 37.3 Å². The quantitative estimate of drug-likeness (QED) is 0.595. The van der Waals surface area contributed by atoms with Gasteiger partial charge in [-0.2, -0.15) is 10.2 Å². The van der Waals surface area contributed by atoms with Crippen molar-refractivity contribution in [2.45, 2.75) is 13.0 Å². The molecule has 0 fully saturated rings. The van der Waals surface area contributed by atoms with Gasteiger partial charge in [0.1, 0.15) is 18.3 Å². The van der Waals surface area contributed by atoms with Crippen LogP contribution in [0.3, 0.4) is 0 Å². The minimum absolute atomic E-state index is 0.156. The fraction of sp³-hybridized carbons (Fsp3) is 0.118. The Morgan fingerprint density at radius 3 is 2.80 bits per heavy atom. The van der Waals surface area contributed by atoms with E-state index in [1.165, 1.54) is 6.33 Å². The third-order valence-electron chi connectivity index (χ3n) is 3.96. The van der Waals surface area contributed by atoms with Crippen molar-refractivity contribution in [2.24, 2.45) is 0 Å².